The van der Waals surface area contributed by atoms with Crippen LogP contribution in [0.3, 0.4) is 0 Å². The summed E-state index contributed by atoms with van der Waals surface area (Å²) >= 11 is 0. The Morgan fingerprint density at radius 2 is 2.12 bits per heavy atom. The molecule has 1 aromatic carbocycles. The lowest BCUT2D eigenvalue weighted by Crippen LogP contribution is -2.56. The molecule has 0 unspecified atom stereocenters. The van der Waals surface area contributed by atoms with Gasteiger partial charge >= 0.3 is 0 Å². The number of benzene rings is 1. The Hall–Kier alpha value is -2.30. The summed E-state index contributed by atoms with van der Waals surface area (Å²) in [6.45, 7) is 7.50. The maximum absolute atomic E-state index is 12.4. The van der Waals surface area contributed by atoms with Gasteiger partial charge in [0.15, 0.2) is 5.69 Å². The van der Waals surface area contributed by atoms with Gasteiger partial charge in [-0.15, -0.1) is 0 Å². The van der Waals surface area contributed by atoms with Crippen molar-refractivity contribution in [3.8, 4) is 5.75 Å². The number of amides is 1. The fraction of sp³-hybridized carbons (Fsp3) is 0.474. The number of hydrogen-bond acceptors (Lipinski definition) is 4. The van der Waals surface area contributed by atoms with E-state index in [0.717, 1.165) is 24.4 Å². The number of aryl methyl sites for hydroxylation is 1. The topological polar surface area (TPSA) is 55.6 Å². The van der Waals surface area contributed by atoms with Gasteiger partial charge in [-0.25, -0.2) is 0 Å². The minimum Gasteiger partial charge on any atom is -0.486 e. The zero-order valence-electron chi connectivity index (χ0n) is 14.5. The van der Waals surface area contributed by atoms with E-state index in [-0.39, 0.29) is 12.0 Å². The van der Waals surface area contributed by atoms with Crippen molar-refractivity contribution in [3.63, 3.8) is 0 Å². The van der Waals surface area contributed by atoms with Crippen LogP contribution in [0.5, 0.6) is 5.75 Å². The van der Waals surface area contributed by atoms with Gasteiger partial charge in [-0.1, -0.05) is 44.1 Å². The van der Waals surface area contributed by atoms with Crippen LogP contribution in [-0.2, 0) is 12.8 Å². The lowest BCUT2D eigenvalue weighted by atomic mass is 10.1. The Balaban J connectivity index is 1.54. The summed E-state index contributed by atoms with van der Waals surface area (Å²) < 4.78 is 11.2. The van der Waals surface area contributed by atoms with E-state index in [1.54, 1.807) is 11.0 Å². The molecule has 3 rings (SSSR count). The van der Waals surface area contributed by atoms with Gasteiger partial charge in [0, 0.05) is 12.5 Å². The van der Waals surface area contributed by atoms with Crippen LogP contribution < -0.4 is 4.74 Å². The van der Waals surface area contributed by atoms with Gasteiger partial charge in [0.25, 0.3) is 5.91 Å². The van der Waals surface area contributed by atoms with Crippen molar-refractivity contribution >= 4 is 5.91 Å². The Morgan fingerprint density at radius 3 is 2.83 bits per heavy atom. The quantitative estimate of drug-likeness (QED) is 0.816. The van der Waals surface area contributed by atoms with Crippen molar-refractivity contribution in [1.82, 2.24) is 10.1 Å². The van der Waals surface area contributed by atoms with E-state index in [0.29, 0.717) is 24.7 Å². The zero-order chi connectivity index (χ0) is 17.1. The third kappa shape index (κ3) is 3.61. The first-order chi connectivity index (χ1) is 11.6. The average molecular weight is 328 g/mol. The van der Waals surface area contributed by atoms with Crippen molar-refractivity contribution < 1.29 is 14.1 Å². The first-order valence-corrected chi connectivity index (χ1v) is 8.56. The maximum Gasteiger partial charge on any atom is 0.276 e. The molecule has 0 bridgehead atoms. The Labute approximate surface area is 142 Å². The highest BCUT2D eigenvalue weighted by molar-refractivity contribution is 5.92. The van der Waals surface area contributed by atoms with Crippen LogP contribution in [-0.4, -0.2) is 35.2 Å². The molecule has 1 saturated heterocycles. The molecule has 5 nitrogen and oxygen atoms in total. The van der Waals surface area contributed by atoms with Gasteiger partial charge in [-0.05, 0) is 24.0 Å². The Bertz CT molecular complexity index is 702. The first-order valence-electron chi connectivity index (χ1n) is 8.56. The number of rotatable bonds is 6. The van der Waals surface area contributed by atoms with Crippen LogP contribution in [0.2, 0.25) is 0 Å². The molecule has 5 heteroatoms. The van der Waals surface area contributed by atoms with Crippen LogP contribution in [0.15, 0.2) is 34.9 Å². The van der Waals surface area contributed by atoms with Gasteiger partial charge in [0.1, 0.15) is 17.6 Å². The molecule has 1 aliphatic heterocycles. The second-order valence-corrected chi connectivity index (χ2v) is 6.69. The monoisotopic (exact) mass is 328 g/mol. The summed E-state index contributed by atoms with van der Waals surface area (Å²) in [4.78, 5) is 14.1. The van der Waals surface area contributed by atoms with Gasteiger partial charge in [0.05, 0.1) is 13.1 Å². The second kappa shape index (κ2) is 7.07. The van der Waals surface area contributed by atoms with Crippen LogP contribution in [0.1, 0.15) is 42.6 Å². The standard InChI is InChI=1S/C19H24N2O3/c1-4-14-7-5-6-8-18(14)23-16-11-21(12-16)19(22)17-10-15(24-20-17)9-13(2)3/h5-8,10,13,16H,4,9,11-12H2,1-3H3. The molecule has 2 aromatic rings. The Morgan fingerprint density at radius 1 is 1.38 bits per heavy atom. The molecule has 128 valence electrons. The highest BCUT2D eigenvalue weighted by atomic mass is 16.5. The van der Waals surface area contributed by atoms with E-state index in [9.17, 15) is 4.79 Å². The number of hydrogen-bond donors (Lipinski definition) is 0. The highest BCUT2D eigenvalue weighted by Crippen LogP contribution is 2.24. The van der Waals surface area contributed by atoms with E-state index >= 15 is 0 Å². The van der Waals surface area contributed by atoms with Gasteiger partial charge in [0.2, 0.25) is 0 Å². The molecule has 1 aromatic heterocycles. The van der Waals surface area contributed by atoms with Crippen LogP contribution >= 0.6 is 0 Å². The van der Waals surface area contributed by atoms with Crippen molar-refractivity contribution in [2.75, 3.05) is 13.1 Å². The van der Waals surface area contributed by atoms with Gasteiger partial charge in [-0.3, -0.25) is 4.79 Å². The average Bonchev–Trinajstić information content (AvgIpc) is 2.98. The molecule has 1 fully saturated rings. The van der Waals surface area contributed by atoms with E-state index in [1.165, 1.54) is 5.56 Å². The van der Waals surface area contributed by atoms with Crippen molar-refractivity contribution in [2.24, 2.45) is 5.92 Å². The smallest absolute Gasteiger partial charge is 0.276 e. The fourth-order valence-corrected chi connectivity index (χ4v) is 2.84. The number of para-hydroxylation sites is 1. The van der Waals surface area contributed by atoms with Crippen molar-refractivity contribution in [3.05, 3.63) is 47.3 Å². The largest absolute Gasteiger partial charge is 0.486 e. The van der Waals surface area contributed by atoms with Crippen molar-refractivity contribution in [2.45, 2.75) is 39.7 Å². The Kier molecular flexibility index (Phi) is 4.88. The number of nitrogens with zero attached hydrogens (tertiary/aromatic N) is 2. The zero-order valence-corrected chi connectivity index (χ0v) is 14.5. The highest BCUT2D eigenvalue weighted by Gasteiger charge is 2.34. The van der Waals surface area contributed by atoms with E-state index in [2.05, 4.69) is 32.0 Å². The predicted molar refractivity (Wildman–Crippen MR) is 91.2 cm³/mol. The SMILES string of the molecule is CCc1ccccc1OC1CN(C(=O)c2cc(CC(C)C)on2)C1. The number of aromatic nitrogens is 1. The third-order valence-corrected chi connectivity index (χ3v) is 4.17. The lowest BCUT2D eigenvalue weighted by molar-refractivity contribution is 0.0167. The van der Waals surface area contributed by atoms with E-state index < -0.39 is 0 Å². The molecular formula is C19H24N2O3. The van der Waals surface area contributed by atoms with Gasteiger partial charge < -0.3 is 14.2 Å². The summed E-state index contributed by atoms with van der Waals surface area (Å²) in [6.07, 6.45) is 1.77. The third-order valence-electron chi connectivity index (χ3n) is 4.17. The minimum absolute atomic E-state index is 0.0451. The molecular weight excluding hydrogens is 304 g/mol. The molecule has 0 saturated carbocycles. The molecule has 1 amide bonds. The summed E-state index contributed by atoms with van der Waals surface area (Å²) in [5.74, 6) is 2.06. The summed E-state index contributed by atoms with van der Waals surface area (Å²) in [7, 11) is 0. The molecule has 0 N–H and O–H groups in total. The summed E-state index contributed by atoms with van der Waals surface area (Å²) in [5.41, 5.74) is 1.58. The number of ether oxygens (including phenoxy) is 1. The molecule has 1 aliphatic rings. The van der Waals surface area contributed by atoms with Crippen LogP contribution in [0.4, 0.5) is 0 Å². The number of carbonyl (C=O) groups is 1. The number of likely N-dealkylation sites (tertiary alicyclic amines) is 1. The summed E-state index contributed by atoms with van der Waals surface area (Å²) in [5, 5.41) is 3.90. The second-order valence-electron chi connectivity index (χ2n) is 6.69. The number of carbonyl (C=O) groups excluding carboxylic acids is 1. The van der Waals surface area contributed by atoms with E-state index in [4.69, 9.17) is 9.26 Å². The van der Waals surface area contributed by atoms with Crippen molar-refractivity contribution in [1.29, 1.82) is 0 Å². The molecule has 0 spiro atoms. The molecule has 0 atom stereocenters. The maximum atomic E-state index is 12.4. The van der Waals surface area contributed by atoms with Crippen LogP contribution in [0, 0.1) is 5.92 Å². The molecule has 24 heavy (non-hydrogen) atoms. The lowest BCUT2D eigenvalue weighted by Gasteiger charge is -2.38. The molecule has 0 radical (unpaired) electrons. The fourth-order valence-electron chi connectivity index (χ4n) is 2.84. The predicted octanol–water partition coefficient (Wildman–Crippen LogP) is 3.34. The van der Waals surface area contributed by atoms with Gasteiger partial charge in [-0.2, -0.15) is 0 Å². The molecule has 2 heterocycles. The van der Waals surface area contributed by atoms with Crippen LogP contribution in [0.25, 0.3) is 0 Å². The molecule has 0 aliphatic carbocycles. The normalized spacial score (nSPS) is 14.8. The minimum atomic E-state index is -0.0858. The summed E-state index contributed by atoms with van der Waals surface area (Å²) in [6, 6.07) is 9.80. The first kappa shape index (κ1) is 16.6. The van der Waals surface area contributed by atoms with E-state index in [1.807, 2.05) is 18.2 Å².